The number of allylic oxidation sites excluding steroid dienone is 1. The van der Waals surface area contributed by atoms with Gasteiger partial charge in [-0.15, -0.1) is 10.2 Å². The monoisotopic (exact) mass is 768 g/mol. The Labute approximate surface area is 316 Å². The van der Waals surface area contributed by atoms with Gasteiger partial charge in [0.2, 0.25) is 33.6 Å². The first kappa shape index (κ1) is 39.2. The van der Waals surface area contributed by atoms with Gasteiger partial charge in [-0.05, 0) is 90.2 Å². The quantitative estimate of drug-likeness (QED) is 0.347. The highest BCUT2D eigenvalue weighted by atomic mass is 32.2. The molecule has 3 heterocycles. The zero-order valence-electron chi connectivity index (χ0n) is 32.0. The van der Waals surface area contributed by atoms with Crippen molar-refractivity contribution in [1.29, 1.82) is 0 Å². The number of hydrogen-bond donors (Lipinski definition) is 3. The molecular weight excluding hydrogens is 717 g/mol. The number of fused-ring (bicyclic) bond motifs is 3. The fraction of sp³-hybridized carbons (Fsp3) is 0.632. The molecule has 1 aromatic heterocycles. The summed E-state index contributed by atoms with van der Waals surface area (Å²) in [4.78, 5) is 57.6. The zero-order valence-corrected chi connectivity index (χ0v) is 32.8. The summed E-state index contributed by atoms with van der Waals surface area (Å²) in [5, 5.41) is 15.4. The molecule has 7 unspecified atom stereocenters. The summed E-state index contributed by atoms with van der Waals surface area (Å²) >= 11 is 0. The third-order valence-electron chi connectivity index (χ3n) is 11.0. The molecule has 0 bridgehead atoms. The van der Waals surface area contributed by atoms with Crippen molar-refractivity contribution in [3.63, 3.8) is 0 Å². The smallest absolute Gasteiger partial charge is 0.408 e. The number of hydrogen-bond acceptors (Lipinski definition) is 11. The van der Waals surface area contributed by atoms with Crippen molar-refractivity contribution in [2.75, 3.05) is 13.7 Å². The summed E-state index contributed by atoms with van der Waals surface area (Å²) in [5.41, 5.74) is -2.36. The van der Waals surface area contributed by atoms with Gasteiger partial charge in [-0.2, -0.15) is 0 Å². The van der Waals surface area contributed by atoms with Crippen LogP contribution in [0, 0.1) is 17.8 Å². The maximum Gasteiger partial charge on any atom is 0.408 e. The van der Waals surface area contributed by atoms with E-state index >= 15 is 0 Å². The van der Waals surface area contributed by atoms with Gasteiger partial charge in [0.25, 0.3) is 5.91 Å². The Hall–Kier alpha value is -4.47. The lowest BCUT2D eigenvalue weighted by molar-refractivity contribution is -0.142. The van der Waals surface area contributed by atoms with Gasteiger partial charge >= 0.3 is 6.09 Å². The molecule has 2 saturated carbocycles. The summed E-state index contributed by atoms with van der Waals surface area (Å²) in [5.74, 6) is -2.14. The molecule has 16 heteroatoms. The lowest BCUT2D eigenvalue weighted by Gasteiger charge is -2.33. The lowest BCUT2D eigenvalue weighted by atomic mass is 9.88. The molecule has 0 radical (unpaired) electrons. The number of aromatic nitrogens is 2. The average molecular weight is 769 g/mol. The number of benzene rings is 1. The molecule has 2 aliphatic heterocycles. The van der Waals surface area contributed by atoms with Crippen LogP contribution in [0.4, 0.5) is 4.79 Å². The van der Waals surface area contributed by atoms with Crippen LogP contribution < -0.4 is 24.8 Å². The molecule has 0 spiro atoms. The van der Waals surface area contributed by atoms with E-state index in [9.17, 15) is 27.6 Å². The molecule has 2 aliphatic carbocycles. The van der Waals surface area contributed by atoms with Crippen molar-refractivity contribution < 1.29 is 41.8 Å². The lowest BCUT2D eigenvalue weighted by Crippen LogP contribution is -2.59. The molecule has 4 amide bonds. The van der Waals surface area contributed by atoms with E-state index in [1.165, 1.54) is 12.0 Å². The second-order valence-corrected chi connectivity index (χ2v) is 18.8. The molecular formula is C38H52N6O9S. The number of ether oxygens (including phenoxy) is 3. The van der Waals surface area contributed by atoms with Crippen LogP contribution in [0.3, 0.4) is 0 Å². The number of methoxy groups -OCH3 is 1. The van der Waals surface area contributed by atoms with Crippen LogP contribution in [-0.2, 0) is 29.1 Å². The van der Waals surface area contributed by atoms with Crippen molar-refractivity contribution in [3.05, 3.63) is 36.4 Å². The third kappa shape index (κ3) is 8.13. The molecule has 2 aromatic rings. The topological polar surface area (TPSA) is 195 Å². The van der Waals surface area contributed by atoms with Gasteiger partial charge < -0.3 is 29.7 Å². The number of amides is 4. The standard InChI is InChI=1S/C38H52N6O9S/c1-22-12-8-9-13-24-20-38(24,34(47)43-54(49,50)37(6)16-17-37)40-30(45)28-19-25(52-32-27-15-11-10-14-26(27)31(51-7)41-42-32)21-44(28)33(46)29(23(2)18-22)39-35(48)53-36(3,4)5/h9-11,13-15,22-25,28-29H,8,12,16-21H2,1-7H3,(H,39,48)(H,40,45)(H,43,47). The van der Waals surface area contributed by atoms with Crippen molar-refractivity contribution in [2.24, 2.45) is 17.8 Å². The van der Waals surface area contributed by atoms with Gasteiger partial charge in [0.05, 0.1) is 29.2 Å². The Morgan fingerprint density at radius 1 is 1.04 bits per heavy atom. The Balaban J connectivity index is 1.35. The predicted molar refractivity (Wildman–Crippen MR) is 199 cm³/mol. The Morgan fingerprint density at radius 2 is 1.70 bits per heavy atom. The number of rotatable bonds is 7. The SMILES string of the molecule is COc1nnc(OC2CC3C(=O)NC4(C(=O)NS(=O)(=O)C5(C)CC5)CC4C=CCCC(C)CC(C)C(NC(=O)OC(C)(C)C)C(=O)N3C2)c2ccccc12. The minimum Gasteiger partial charge on any atom is -0.479 e. The Morgan fingerprint density at radius 3 is 2.35 bits per heavy atom. The first-order chi connectivity index (χ1) is 25.4. The van der Waals surface area contributed by atoms with Gasteiger partial charge in [-0.25, -0.2) is 13.2 Å². The van der Waals surface area contributed by atoms with Crippen LogP contribution >= 0.6 is 0 Å². The van der Waals surface area contributed by atoms with Crippen molar-refractivity contribution in [2.45, 2.75) is 121 Å². The van der Waals surface area contributed by atoms with E-state index in [0.717, 1.165) is 6.42 Å². The predicted octanol–water partition coefficient (Wildman–Crippen LogP) is 3.77. The number of nitrogens with one attached hydrogen (secondary N) is 3. The summed E-state index contributed by atoms with van der Waals surface area (Å²) in [6.45, 7) is 10.7. The van der Waals surface area contributed by atoms with Crippen LogP contribution in [0.25, 0.3) is 10.8 Å². The van der Waals surface area contributed by atoms with E-state index in [-0.39, 0.29) is 37.1 Å². The van der Waals surface area contributed by atoms with Gasteiger partial charge in [0, 0.05) is 12.3 Å². The molecule has 1 saturated heterocycles. The number of nitrogens with zero attached hydrogens (tertiary/aromatic N) is 3. The highest BCUT2D eigenvalue weighted by Gasteiger charge is 2.63. The summed E-state index contributed by atoms with van der Waals surface area (Å²) < 4.78 is 44.9. The zero-order chi connectivity index (χ0) is 39.2. The Kier molecular flexibility index (Phi) is 10.6. The molecule has 294 valence electrons. The molecule has 1 aromatic carbocycles. The summed E-state index contributed by atoms with van der Waals surface area (Å²) in [6.07, 6.45) is 5.39. The van der Waals surface area contributed by atoms with E-state index in [4.69, 9.17) is 14.2 Å². The summed E-state index contributed by atoms with van der Waals surface area (Å²) in [7, 11) is -2.51. The molecule has 3 fully saturated rings. The molecule has 7 atom stereocenters. The third-order valence-corrected chi connectivity index (χ3v) is 13.2. The highest BCUT2D eigenvalue weighted by molar-refractivity contribution is 7.91. The number of carbonyl (C=O) groups is 4. The van der Waals surface area contributed by atoms with Gasteiger partial charge in [-0.1, -0.05) is 38.1 Å². The highest BCUT2D eigenvalue weighted by Crippen LogP contribution is 2.47. The first-order valence-corrected chi connectivity index (χ1v) is 20.2. The number of sulfonamides is 1. The van der Waals surface area contributed by atoms with Crippen molar-refractivity contribution >= 4 is 44.6 Å². The fourth-order valence-corrected chi connectivity index (χ4v) is 8.79. The second-order valence-electron chi connectivity index (χ2n) is 16.6. The maximum absolute atomic E-state index is 14.7. The fourth-order valence-electron chi connectivity index (χ4n) is 7.48. The van der Waals surface area contributed by atoms with E-state index in [1.807, 2.05) is 37.3 Å². The van der Waals surface area contributed by atoms with E-state index in [1.54, 1.807) is 33.8 Å². The van der Waals surface area contributed by atoms with Gasteiger partial charge in [0.1, 0.15) is 29.3 Å². The summed E-state index contributed by atoms with van der Waals surface area (Å²) in [6, 6.07) is 5.05. The molecule has 15 nitrogen and oxygen atoms in total. The normalized spacial score (nSPS) is 29.8. The first-order valence-electron chi connectivity index (χ1n) is 18.7. The largest absolute Gasteiger partial charge is 0.479 e. The van der Waals surface area contributed by atoms with Gasteiger partial charge in [-0.3, -0.25) is 19.1 Å². The van der Waals surface area contributed by atoms with Crippen molar-refractivity contribution in [3.8, 4) is 11.8 Å². The molecule has 6 rings (SSSR count). The van der Waals surface area contributed by atoms with E-state index < -0.39 is 73.8 Å². The van der Waals surface area contributed by atoms with Crippen LogP contribution in [0.1, 0.15) is 86.5 Å². The number of alkyl carbamates (subject to hydrolysis) is 1. The molecule has 3 N–H and O–H groups in total. The average Bonchev–Trinajstić information content (AvgIpc) is 3.98. The second kappa shape index (κ2) is 14.6. The molecule has 54 heavy (non-hydrogen) atoms. The number of carbonyl (C=O) groups excluding carboxylic acids is 4. The maximum atomic E-state index is 14.7. The van der Waals surface area contributed by atoms with E-state index in [0.29, 0.717) is 42.3 Å². The van der Waals surface area contributed by atoms with Crippen LogP contribution in [-0.4, -0.2) is 95.1 Å². The minimum atomic E-state index is -4.00. The van der Waals surface area contributed by atoms with Crippen molar-refractivity contribution in [1.82, 2.24) is 30.5 Å². The van der Waals surface area contributed by atoms with Gasteiger partial charge in [0.15, 0.2) is 0 Å². The van der Waals surface area contributed by atoms with E-state index in [2.05, 4.69) is 32.5 Å². The van der Waals surface area contributed by atoms with Crippen LogP contribution in [0.5, 0.6) is 11.8 Å². The van der Waals surface area contributed by atoms with Crippen LogP contribution in [0.15, 0.2) is 36.4 Å². The minimum absolute atomic E-state index is 0.0120. The molecule has 4 aliphatic rings. The van der Waals surface area contributed by atoms with Crippen LogP contribution in [0.2, 0.25) is 0 Å². The Bertz CT molecular complexity index is 1940.